The van der Waals surface area contributed by atoms with Crippen LogP contribution in [0.1, 0.15) is 28.9 Å². The Morgan fingerprint density at radius 1 is 1.00 bits per heavy atom. The van der Waals surface area contributed by atoms with E-state index in [1.165, 1.54) is 37.0 Å². The number of hydrogen-bond donors (Lipinski definition) is 2. The van der Waals surface area contributed by atoms with Crippen LogP contribution < -0.4 is 15.5 Å². The van der Waals surface area contributed by atoms with Crippen LogP contribution >= 0.6 is 0 Å². The lowest BCUT2D eigenvalue weighted by Crippen LogP contribution is -2.18. The molecular weight excluding hydrogens is 369 g/mol. The van der Waals surface area contributed by atoms with Gasteiger partial charge in [0.25, 0.3) is 5.91 Å². The fraction of sp³-hybridized carbons (Fsp3) is 0.227. The minimum atomic E-state index is -0.300. The summed E-state index contributed by atoms with van der Waals surface area (Å²) in [6.45, 7) is 2.64. The molecule has 148 valence electrons. The maximum atomic E-state index is 13.0. The molecule has 3 aromatic rings. The summed E-state index contributed by atoms with van der Waals surface area (Å²) in [7, 11) is 0. The van der Waals surface area contributed by atoms with Crippen molar-refractivity contribution in [3.8, 4) is 0 Å². The zero-order chi connectivity index (χ0) is 20.1. The van der Waals surface area contributed by atoms with Crippen LogP contribution in [0.2, 0.25) is 0 Å². The van der Waals surface area contributed by atoms with E-state index < -0.39 is 0 Å². The number of carbonyl (C=O) groups is 1. The summed E-state index contributed by atoms with van der Waals surface area (Å²) < 4.78 is 13.0. The Labute approximate surface area is 168 Å². The monoisotopic (exact) mass is 391 g/mol. The van der Waals surface area contributed by atoms with Crippen molar-refractivity contribution in [2.75, 3.05) is 28.6 Å². The van der Waals surface area contributed by atoms with Gasteiger partial charge in [0, 0.05) is 37.1 Å². The van der Waals surface area contributed by atoms with E-state index in [1.807, 2.05) is 24.3 Å². The standard InChI is InChI=1S/C22H22FN5O/c23-17-5-3-16(4-6-17)14-24-21-13-20(25-15-26-21)22(29)27-18-7-9-19(10-8-18)28-11-1-2-12-28/h3-10,13,15H,1-2,11-12,14H2,(H,27,29)(H,24,25,26). The third kappa shape index (κ3) is 4.87. The van der Waals surface area contributed by atoms with Crippen molar-refractivity contribution in [1.29, 1.82) is 0 Å². The Morgan fingerprint density at radius 3 is 2.45 bits per heavy atom. The van der Waals surface area contributed by atoms with Crippen LogP contribution in [0.3, 0.4) is 0 Å². The summed E-state index contributed by atoms with van der Waals surface area (Å²) in [5.41, 5.74) is 3.08. The fourth-order valence-electron chi connectivity index (χ4n) is 3.30. The van der Waals surface area contributed by atoms with Gasteiger partial charge < -0.3 is 15.5 Å². The summed E-state index contributed by atoms with van der Waals surface area (Å²) in [5.74, 6) is -0.0479. The second-order valence-electron chi connectivity index (χ2n) is 6.96. The Hall–Kier alpha value is -3.48. The zero-order valence-electron chi connectivity index (χ0n) is 15.9. The highest BCUT2D eigenvalue weighted by Crippen LogP contribution is 2.22. The molecule has 0 saturated carbocycles. The third-order valence-corrected chi connectivity index (χ3v) is 4.88. The van der Waals surface area contributed by atoms with E-state index >= 15 is 0 Å². The number of rotatable bonds is 6. The smallest absolute Gasteiger partial charge is 0.274 e. The minimum Gasteiger partial charge on any atom is -0.372 e. The van der Waals surface area contributed by atoms with Gasteiger partial charge in [-0.2, -0.15) is 0 Å². The van der Waals surface area contributed by atoms with Crippen molar-refractivity contribution >= 4 is 23.1 Å². The lowest BCUT2D eigenvalue weighted by atomic mass is 10.2. The van der Waals surface area contributed by atoms with E-state index in [2.05, 4.69) is 25.5 Å². The van der Waals surface area contributed by atoms with E-state index in [9.17, 15) is 9.18 Å². The van der Waals surface area contributed by atoms with Crippen molar-refractivity contribution in [2.45, 2.75) is 19.4 Å². The normalized spacial score (nSPS) is 13.3. The number of halogens is 1. The molecule has 0 radical (unpaired) electrons. The summed E-state index contributed by atoms with van der Waals surface area (Å²) in [6, 6.07) is 15.7. The Bertz CT molecular complexity index is 969. The molecule has 1 aliphatic rings. The molecule has 0 spiro atoms. The van der Waals surface area contributed by atoms with Crippen LogP contribution in [0.4, 0.5) is 21.6 Å². The highest BCUT2D eigenvalue weighted by molar-refractivity contribution is 6.03. The molecule has 6 nitrogen and oxygen atoms in total. The second kappa shape index (κ2) is 8.68. The molecule has 0 atom stereocenters. The largest absolute Gasteiger partial charge is 0.372 e. The van der Waals surface area contributed by atoms with Gasteiger partial charge in [-0.15, -0.1) is 0 Å². The van der Waals surface area contributed by atoms with Crippen molar-refractivity contribution in [3.05, 3.63) is 78.0 Å². The number of amides is 1. The van der Waals surface area contributed by atoms with Crippen LogP contribution in [0.25, 0.3) is 0 Å². The molecule has 2 aromatic carbocycles. The first-order chi connectivity index (χ1) is 14.2. The number of anilines is 3. The summed E-state index contributed by atoms with van der Waals surface area (Å²) in [6.07, 6.45) is 3.80. The van der Waals surface area contributed by atoms with Crippen molar-refractivity contribution in [2.24, 2.45) is 0 Å². The second-order valence-corrected chi connectivity index (χ2v) is 6.96. The lowest BCUT2D eigenvalue weighted by molar-refractivity contribution is 0.102. The molecule has 1 aromatic heterocycles. The number of hydrogen-bond acceptors (Lipinski definition) is 5. The molecule has 0 aliphatic carbocycles. The fourth-order valence-corrected chi connectivity index (χ4v) is 3.30. The Morgan fingerprint density at radius 2 is 1.72 bits per heavy atom. The third-order valence-electron chi connectivity index (χ3n) is 4.88. The molecule has 0 bridgehead atoms. The molecular formula is C22H22FN5O. The molecule has 2 N–H and O–H groups in total. The molecule has 29 heavy (non-hydrogen) atoms. The average molecular weight is 391 g/mol. The van der Waals surface area contributed by atoms with Crippen LogP contribution in [0, 0.1) is 5.82 Å². The zero-order valence-corrected chi connectivity index (χ0v) is 15.9. The van der Waals surface area contributed by atoms with E-state index in [0.29, 0.717) is 12.4 Å². The topological polar surface area (TPSA) is 70.2 Å². The van der Waals surface area contributed by atoms with Crippen molar-refractivity contribution in [1.82, 2.24) is 9.97 Å². The highest BCUT2D eigenvalue weighted by atomic mass is 19.1. The molecule has 1 amide bonds. The molecule has 1 fully saturated rings. The molecule has 4 rings (SSSR count). The maximum absolute atomic E-state index is 13.0. The van der Waals surface area contributed by atoms with Gasteiger partial charge in [0.15, 0.2) is 0 Å². The summed E-state index contributed by atoms with van der Waals surface area (Å²) >= 11 is 0. The van der Waals surface area contributed by atoms with E-state index in [-0.39, 0.29) is 17.4 Å². The van der Waals surface area contributed by atoms with Crippen molar-refractivity contribution < 1.29 is 9.18 Å². The van der Waals surface area contributed by atoms with E-state index in [4.69, 9.17) is 0 Å². The Kier molecular flexibility index (Phi) is 5.65. The van der Waals surface area contributed by atoms with Gasteiger partial charge in [-0.05, 0) is 54.8 Å². The van der Waals surface area contributed by atoms with Gasteiger partial charge >= 0.3 is 0 Å². The van der Waals surface area contributed by atoms with E-state index in [1.54, 1.807) is 18.2 Å². The van der Waals surface area contributed by atoms with Crippen molar-refractivity contribution in [3.63, 3.8) is 0 Å². The minimum absolute atomic E-state index is 0.269. The van der Waals surface area contributed by atoms with Crippen LogP contribution in [-0.2, 0) is 6.54 Å². The predicted molar refractivity (Wildman–Crippen MR) is 112 cm³/mol. The van der Waals surface area contributed by atoms with Gasteiger partial charge in [0.1, 0.15) is 23.7 Å². The van der Waals surface area contributed by atoms with E-state index in [0.717, 1.165) is 24.3 Å². The van der Waals surface area contributed by atoms with Gasteiger partial charge in [-0.3, -0.25) is 4.79 Å². The molecule has 2 heterocycles. The number of nitrogens with zero attached hydrogens (tertiary/aromatic N) is 3. The maximum Gasteiger partial charge on any atom is 0.274 e. The van der Waals surface area contributed by atoms with Crippen LogP contribution in [0.5, 0.6) is 0 Å². The van der Waals surface area contributed by atoms with Gasteiger partial charge in [-0.25, -0.2) is 14.4 Å². The first kappa shape index (κ1) is 18.9. The SMILES string of the molecule is O=C(Nc1ccc(N2CCCC2)cc1)c1cc(NCc2ccc(F)cc2)ncn1. The molecule has 1 aliphatic heterocycles. The molecule has 7 heteroatoms. The Balaban J connectivity index is 1.37. The number of nitrogens with one attached hydrogen (secondary N) is 2. The number of carbonyl (C=O) groups excluding carboxylic acids is 1. The first-order valence-corrected chi connectivity index (χ1v) is 9.64. The highest BCUT2D eigenvalue weighted by Gasteiger charge is 2.13. The van der Waals surface area contributed by atoms with Crippen LogP contribution in [0.15, 0.2) is 60.9 Å². The average Bonchev–Trinajstić information content (AvgIpc) is 3.29. The van der Waals surface area contributed by atoms with Gasteiger partial charge in [0.2, 0.25) is 0 Å². The van der Waals surface area contributed by atoms with Gasteiger partial charge in [-0.1, -0.05) is 12.1 Å². The number of aromatic nitrogens is 2. The first-order valence-electron chi connectivity index (χ1n) is 9.64. The molecule has 0 unspecified atom stereocenters. The summed E-state index contributed by atoms with van der Waals surface area (Å²) in [5, 5.41) is 5.99. The summed E-state index contributed by atoms with van der Waals surface area (Å²) in [4.78, 5) is 23.1. The quantitative estimate of drug-likeness (QED) is 0.663. The lowest BCUT2D eigenvalue weighted by Gasteiger charge is -2.17. The predicted octanol–water partition coefficient (Wildman–Crippen LogP) is 4.08. The molecule has 1 saturated heterocycles. The van der Waals surface area contributed by atoms with Crippen LogP contribution in [-0.4, -0.2) is 29.0 Å². The van der Waals surface area contributed by atoms with Gasteiger partial charge in [0.05, 0.1) is 0 Å². The number of benzene rings is 2.